The van der Waals surface area contributed by atoms with E-state index in [0.717, 1.165) is 18.0 Å². The van der Waals surface area contributed by atoms with E-state index in [1.54, 1.807) is 0 Å². The van der Waals surface area contributed by atoms with Crippen LogP contribution in [0, 0.1) is 5.92 Å². The summed E-state index contributed by atoms with van der Waals surface area (Å²) < 4.78 is 0. The molecule has 1 aliphatic heterocycles. The van der Waals surface area contributed by atoms with Crippen molar-refractivity contribution < 1.29 is 0 Å². The molecule has 0 spiro atoms. The van der Waals surface area contributed by atoms with Gasteiger partial charge in [-0.1, -0.05) is 13.3 Å². The fourth-order valence-electron chi connectivity index (χ4n) is 3.08. The topological polar surface area (TPSA) is 15.3 Å². The van der Waals surface area contributed by atoms with Crippen LogP contribution < -0.4 is 5.32 Å². The lowest BCUT2D eigenvalue weighted by Gasteiger charge is -2.38. The van der Waals surface area contributed by atoms with Crippen LogP contribution in [0.1, 0.15) is 52.4 Å². The zero-order valence-electron chi connectivity index (χ0n) is 11.0. The van der Waals surface area contributed by atoms with Crippen LogP contribution >= 0.6 is 0 Å². The molecule has 1 aliphatic carbocycles. The molecule has 0 bridgehead atoms. The number of nitrogens with one attached hydrogen (secondary N) is 1. The molecule has 1 unspecified atom stereocenters. The van der Waals surface area contributed by atoms with Gasteiger partial charge in [0.05, 0.1) is 0 Å². The van der Waals surface area contributed by atoms with Gasteiger partial charge in [-0.25, -0.2) is 0 Å². The quantitative estimate of drug-likeness (QED) is 0.772. The number of likely N-dealkylation sites (tertiary alicyclic amines) is 1. The molecule has 0 aromatic carbocycles. The Morgan fingerprint density at radius 2 is 1.88 bits per heavy atom. The Kier molecular flexibility index (Phi) is 4.66. The van der Waals surface area contributed by atoms with Crippen molar-refractivity contribution >= 4 is 0 Å². The Morgan fingerprint density at radius 3 is 2.38 bits per heavy atom. The highest BCUT2D eigenvalue weighted by Crippen LogP contribution is 2.24. The maximum atomic E-state index is 3.81. The summed E-state index contributed by atoms with van der Waals surface area (Å²) in [5.74, 6) is 0.925. The third-order valence-electron chi connectivity index (χ3n) is 4.48. The number of hydrogen-bond donors (Lipinski definition) is 1. The van der Waals surface area contributed by atoms with Crippen LogP contribution in [-0.4, -0.2) is 36.6 Å². The molecule has 2 heteroatoms. The van der Waals surface area contributed by atoms with E-state index in [9.17, 15) is 0 Å². The molecule has 1 heterocycles. The van der Waals surface area contributed by atoms with E-state index in [1.807, 2.05) is 0 Å². The number of nitrogens with zero attached hydrogens (tertiary/aromatic N) is 1. The molecule has 0 aromatic rings. The Labute approximate surface area is 101 Å². The molecular formula is C14H28N2. The summed E-state index contributed by atoms with van der Waals surface area (Å²) in [6.45, 7) is 8.65. The lowest BCUT2D eigenvalue weighted by molar-refractivity contribution is 0.151. The Bertz CT molecular complexity index is 193. The largest absolute Gasteiger partial charge is 0.311 e. The van der Waals surface area contributed by atoms with Crippen LogP contribution in [0.15, 0.2) is 0 Å². The van der Waals surface area contributed by atoms with Gasteiger partial charge in [-0.05, 0) is 64.6 Å². The van der Waals surface area contributed by atoms with Crippen molar-refractivity contribution in [2.75, 3.05) is 19.6 Å². The molecule has 1 saturated heterocycles. The number of piperidine rings is 1. The summed E-state index contributed by atoms with van der Waals surface area (Å²) in [4.78, 5) is 2.63. The minimum absolute atomic E-state index is 0.745. The van der Waals surface area contributed by atoms with Gasteiger partial charge in [-0.3, -0.25) is 0 Å². The first-order chi connectivity index (χ1) is 7.79. The molecule has 94 valence electrons. The molecule has 0 aromatic heterocycles. The maximum Gasteiger partial charge on any atom is 0.00705 e. The Hall–Kier alpha value is -0.0800. The highest BCUT2D eigenvalue weighted by molar-refractivity contribution is 4.84. The molecule has 2 aliphatic rings. The van der Waals surface area contributed by atoms with Crippen molar-refractivity contribution in [2.24, 2.45) is 5.92 Å². The molecular weight excluding hydrogens is 196 g/mol. The Morgan fingerprint density at radius 1 is 1.19 bits per heavy atom. The second-order valence-electron chi connectivity index (χ2n) is 5.76. The fourth-order valence-corrected chi connectivity index (χ4v) is 3.08. The molecule has 1 N–H and O–H groups in total. The van der Waals surface area contributed by atoms with E-state index in [-0.39, 0.29) is 0 Å². The van der Waals surface area contributed by atoms with E-state index in [0.29, 0.717) is 0 Å². The summed E-state index contributed by atoms with van der Waals surface area (Å²) in [6.07, 6.45) is 8.39. The summed E-state index contributed by atoms with van der Waals surface area (Å²) in [5.41, 5.74) is 0. The van der Waals surface area contributed by atoms with Gasteiger partial charge >= 0.3 is 0 Å². The minimum Gasteiger partial charge on any atom is -0.311 e. The maximum absolute atomic E-state index is 3.81. The van der Waals surface area contributed by atoms with E-state index < -0.39 is 0 Å². The van der Waals surface area contributed by atoms with Crippen molar-refractivity contribution in [3.8, 4) is 0 Å². The zero-order valence-corrected chi connectivity index (χ0v) is 11.0. The van der Waals surface area contributed by atoms with Gasteiger partial charge in [0.15, 0.2) is 0 Å². The van der Waals surface area contributed by atoms with Gasteiger partial charge in [0, 0.05) is 12.1 Å². The normalized spacial score (nSPS) is 26.6. The van der Waals surface area contributed by atoms with Crippen molar-refractivity contribution in [1.29, 1.82) is 0 Å². The molecule has 16 heavy (non-hydrogen) atoms. The van der Waals surface area contributed by atoms with Crippen LogP contribution in [0.5, 0.6) is 0 Å². The summed E-state index contributed by atoms with van der Waals surface area (Å²) in [5, 5.41) is 3.81. The molecule has 1 saturated carbocycles. The first kappa shape index (κ1) is 12.4. The summed E-state index contributed by atoms with van der Waals surface area (Å²) >= 11 is 0. The molecule has 0 amide bonds. The van der Waals surface area contributed by atoms with Crippen molar-refractivity contribution in [3.05, 3.63) is 0 Å². The van der Waals surface area contributed by atoms with Crippen LogP contribution in [-0.2, 0) is 0 Å². The van der Waals surface area contributed by atoms with E-state index in [1.165, 1.54) is 58.2 Å². The third kappa shape index (κ3) is 3.21. The predicted molar refractivity (Wildman–Crippen MR) is 69.7 cm³/mol. The summed E-state index contributed by atoms with van der Waals surface area (Å²) in [6, 6.07) is 1.60. The third-order valence-corrected chi connectivity index (χ3v) is 4.48. The summed E-state index contributed by atoms with van der Waals surface area (Å²) in [7, 11) is 0. The second kappa shape index (κ2) is 6.02. The molecule has 1 atom stereocenters. The van der Waals surface area contributed by atoms with Crippen molar-refractivity contribution in [3.63, 3.8) is 0 Å². The average molecular weight is 224 g/mol. The van der Waals surface area contributed by atoms with Crippen molar-refractivity contribution in [2.45, 2.75) is 64.5 Å². The fraction of sp³-hybridized carbons (Fsp3) is 1.00. The highest BCUT2D eigenvalue weighted by atomic mass is 15.1. The van der Waals surface area contributed by atoms with Crippen LogP contribution in [0.25, 0.3) is 0 Å². The molecule has 0 radical (unpaired) electrons. The zero-order chi connectivity index (χ0) is 11.4. The number of hydrogen-bond acceptors (Lipinski definition) is 2. The monoisotopic (exact) mass is 224 g/mol. The van der Waals surface area contributed by atoms with Crippen LogP contribution in [0.4, 0.5) is 0 Å². The lowest BCUT2D eigenvalue weighted by atomic mass is 9.87. The first-order valence-electron chi connectivity index (χ1n) is 7.28. The SMILES string of the molecule is CCCN1CCC(C(C)NC2CCC2)CC1. The van der Waals surface area contributed by atoms with Gasteiger partial charge < -0.3 is 10.2 Å². The van der Waals surface area contributed by atoms with E-state index in [4.69, 9.17) is 0 Å². The van der Waals surface area contributed by atoms with Gasteiger partial charge in [0.25, 0.3) is 0 Å². The van der Waals surface area contributed by atoms with Crippen molar-refractivity contribution in [1.82, 2.24) is 10.2 Å². The standard InChI is InChI=1S/C14H28N2/c1-3-9-16-10-7-13(8-11-16)12(2)15-14-5-4-6-14/h12-15H,3-11H2,1-2H3. The van der Waals surface area contributed by atoms with Crippen LogP contribution in [0.3, 0.4) is 0 Å². The molecule has 2 rings (SSSR count). The minimum atomic E-state index is 0.745. The van der Waals surface area contributed by atoms with Gasteiger partial charge in [0.2, 0.25) is 0 Å². The first-order valence-corrected chi connectivity index (χ1v) is 7.28. The lowest BCUT2D eigenvalue weighted by Crippen LogP contribution is -2.47. The van der Waals surface area contributed by atoms with E-state index in [2.05, 4.69) is 24.1 Å². The highest BCUT2D eigenvalue weighted by Gasteiger charge is 2.26. The predicted octanol–water partition coefficient (Wildman–Crippen LogP) is 2.64. The average Bonchev–Trinajstić information content (AvgIpc) is 2.25. The smallest absolute Gasteiger partial charge is 0.00705 e. The van der Waals surface area contributed by atoms with Gasteiger partial charge in [-0.15, -0.1) is 0 Å². The van der Waals surface area contributed by atoms with Crippen LogP contribution in [0.2, 0.25) is 0 Å². The van der Waals surface area contributed by atoms with Gasteiger partial charge in [-0.2, -0.15) is 0 Å². The van der Waals surface area contributed by atoms with Gasteiger partial charge in [0.1, 0.15) is 0 Å². The molecule has 2 fully saturated rings. The Balaban J connectivity index is 1.66. The number of rotatable bonds is 5. The van der Waals surface area contributed by atoms with E-state index >= 15 is 0 Å². The second-order valence-corrected chi connectivity index (χ2v) is 5.76. The molecule has 2 nitrogen and oxygen atoms in total.